The molecule has 0 saturated carbocycles. The van der Waals surface area contributed by atoms with E-state index < -0.39 is 17.5 Å². The fourth-order valence-electron chi connectivity index (χ4n) is 2.99. The molecule has 0 fully saturated rings. The maximum Gasteiger partial charge on any atom is 0.143 e. The van der Waals surface area contributed by atoms with Gasteiger partial charge in [-0.15, -0.1) is 0 Å². The van der Waals surface area contributed by atoms with Crippen molar-refractivity contribution < 1.29 is 13.2 Å². The molecule has 160 valence electrons. The molecular weight excluding hydrogens is 411 g/mol. The van der Waals surface area contributed by atoms with Crippen LogP contribution in [0.1, 0.15) is 48.4 Å². The summed E-state index contributed by atoms with van der Waals surface area (Å²) < 4.78 is 42.2. The van der Waals surface area contributed by atoms with Crippen LogP contribution in [-0.2, 0) is 6.42 Å². The number of rotatable bonds is 6. The Hall–Kier alpha value is -3.90. The summed E-state index contributed by atoms with van der Waals surface area (Å²) in [5.41, 5.74) is 1.64. The molecule has 0 amide bonds. The third kappa shape index (κ3) is 6.06. The van der Waals surface area contributed by atoms with Crippen molar-refractivity contribution in [3.05, 3.63) is 94.3 Å². The number of azo groups is 1. The molecule has 3 aromatic rings. The predicted octanol–water partition coefficient (Wildman–Crippen LogP) is 7.52. The molecule has 0 atom stereocenters. The van der Waals surface area contributed by atoms with E-state index in [2.05, 4.69) is 29.0 Å². The van der Waals surface area contributed by atoms with Gasteiger partial charge in [-0.3, -0.25) is 0 Å². The Morgan fingerprint density at radius 3 is 2.06 bits per heavy atom. The summed E-state index contributed by atoms with van der Waals surface area (Å²) in [4.78, 5) is 0. The zero-order valence-electron chi connectivity index (χ0n) is 17.5. The van der Waals surface area contributed by atoms with Crippen LogP contribution in [0.2, 0.25) is 0 Å². The van der Waals surface area contributed by atoms with Gasteiger partial charge in [0.15, 0.2) is 0 Å². The average Bonchev–Trinajstić information content (AvgIpc) is 2.78. The molecule has 0 aliphatic heterocycles. The van der Waals surface area contributed by atoms with E-state index in [-0.39, 0.29) is 16.8 Å². The molecule has 3 nitrogen and oxygen atoms in total. The van der Waals surface area contributed by atoms with Crippen molar-refractivity contribution in [2.24, 2.45) is 10.2 Å². The van der Waals surface area contributed by atoms with Crippen LogP contribution in [-0.4, -0.2) is 0 Å². The number of halogens is 3. The van der Waals surface area contributed by atoms with Crippen molar-refractivity contribution in [1.82, 2.24) is 0 Å². The second-order valence-electron chi connectivity index (χ2n) is 7.16. The van der Waals surface area contributed by atoms with Gasteiger partial charge in [0.1, 0.15) is 23.5 Å². The Kier molecular flexibility index (Phi) is 7.78. The van der Waals surface area contributed by atoms with Gasteiger partial charge < -0.3 is 0 Å². The lowest BCUT2D eigenvalue weighted by Gasteiger charge is -2.04. The second-order valence-corrected chi connectivity index (χ2v) is 7.16. The van der Waals surface area contributed by atoms with Crippen molar-refractivity contribution in [2.45, 2.75) is 32.6 Å². The van der Waals surface area contributed by atoms with Crippen LogP contribution in [0.15, 0.2) is 64.8 Å². The normalized spacial score (nSPS) is 10.6. The third-order valence-electron chi connectivity index (χ3n) is 4.72. The van der Waals surface area contributed by atoms with Crippen molar-refractivity contribution in [3.8, 4) is 17.9 Å². The highest BCUT2D eigenvalue weighted by Crippen LogP contribution is 2.21. The summed E-state index contributed by atoms with van der Waals surface area (Å²) in [7, 11) is 0. The van der Waals surface area contributed by atoms with Crippen LogP contribution in [0, 0.1) is 40.6 Å². The van der Waals surface area contributed by atoms with E-state index in [0.29, 0.717) is 23.2 Å². The Labute approximate surface area is 185 Å². The minimum absolute atomic E-state index is 0.0640. The molecule has 6 heteroatoms. The van der Waals surface area contributed by atoms with Gasteiger partial charge >= 0.3 is 0 Å². The van der Waals surface area contributed by atoms with Crippen molar-refractivity contribution >= 4 is 11.4 Å². The predicted molar refractivity (Wildman–Crippen MR) is 117 cm³/mol. The molecule has 0 aliphatic carbocycles. The largest absolute Gasteiger partial charge is 0.206 e. The fourth-order valence-corrected chi connectivity index (χ4v) is 2.99. The summed E-state index contributed by atoms with van der Waals surface area (Å²) in [6.07, 6.45) is 3.60. The molecule has 3 aromatic carbocycles. The first-order valence-corrected chi connectivity index (χ1v) is 10.2. The second kappa shape index (κ2) is 10.9. The molecule has 0 saturated heterocycles. The molecule has 0 bridgehead atoms. The highest BCUT2D eigenvalue weighted by atomic mass is 19.1. The highest BCUT2D eigenvalue weighted by Gasteiger charge is 2.09. The third-order valence-corrected chi connectivity index (χ3v) is 4.72. The molecule has 0 radical (unpaired) electrons. The van der Waals surface area contributed by atoms with Crippen LogP contribution in [0.25, 0.3) is 0 Å². The minimum atomic E-state index is -0.664. The zero-order chi connectivity index (χ0) is 22.9. The topological polar surface area (TPSA) is 48.5 Å². The van der Waals surface area contributed by atoms with Gasteiger partial charge in [0, 0.05) is 11.6 Å². The summed E-state index contributed by atoms with van der Waals surface area (Å²) in [5.74, 6) is 3.33. The zero-order valence-corrected chi connectivity index (χ0v) is 17.5. The van der Waals surface area contributed by atoms with Gasteiger partial charge in [-0.05, 0) is 66.9 Å². The van der Waals surface area contributed by atoms with E-state index in [9.17, 15) is 13.2 Å². The molecule has 0 heterocycles. The average molecular weight is 431 g/mol. The van der Waals surface area contributed by atoms with E-state index in [4.69, 9.17) is 5.26 Å². The SMILES string of the molecule is CCCCCc1cc(F)c(C#Cc2ccc(N=Nc3ccc(C#N)c(F)c3)cc2)c(F)c1. The Balaban J connectivity index is 1.70. The molecule has 3 rings (SSSR count). The smallest absolute Gasteiger partial charge is 0.143 e. The van der Waals surface area contributed by atoms with Crippen LogP contribution in [0.3, 0.4) is 0 Å². The number of nitrogens with zero attached hydrogens (tertiary/aromatic N) is 3. The minimum Gasteiger partial charge on any atom is -0.206 e. The molecule has 0 aliphatic rings. The Bertz CT molecular complexity index is 1210. The number of unbranched alkanes of at least 4 members (excludes halogenated alkanes) is 2. The van der Waals surface area contributed by atoms with Crippen LogP contribution < -0.4 is 0 Å². The van der Waals surface area contributed by atoms with Crippen molar-refractivity contribution in [2.75, 3.05) is 0 Å². The first-order valence-electron chi connectivity index (χ1n) is 10.2. The molecule has 0 aromatic heterocycles. The first kappa shape index (κ1) is 22.8. The van der Waals surface area contributed by atoms with Crippen molar-refractivity contribution in [3.63, 3.8) is 0 Å². The number of hydrogen-bond donors (Lipinski definition) is 0. The molecule has 0 spiro atoms. The van der Waals surface area contributed by atoms with Crippen LogP contribution >= 0.6 is 0 Å². The van der Waals surface area contributed by atoms with E-state index in [1.807, 2.05) is 0 Å². The lowest BCUT2D eigenvalue weighted by molar-refractivity contribution is 0.572. The standard InChI is InChI=1S/C26H20F3N3/c1-2-3-4-5-19-14-25(28)23(26(29)15-19)13-8-18-6-10-21(11-7-18)31-32-22-12-9-20(17-30)24(27)16-22/h6-7,9-12,14-16H,2-5H2,1H3. The van der Waals surface area contributed by atoms with Gasteiger partial charge in [0.05, 0.1) is 22.5 Å². The van der Waals surface area contributed by atoms with Gasteiger partial charge in [-0.25, -0.2) is 13.2 Å². The maximum atomic E-state index is 14.3. The van der Waals surface area contributed by atoms with E-state index in [1.54, 1.807) is 30.3 Å². The van der Waals surface area contributed by atoms with Gasteiger partial charge in [0.25, 0.3) is 0 Å². The summed E-state index contributed by atoms with van der Waals surface area (Å²) in [6, 6.07) is 14.9. The van der Waals surface area contributed by atoms with E-state index >= 15 is 0 Å². The molecule has 0 unspecified atom stereocenters. The van der Waals surface area contributed by atoms with E-state index in [1.165, 1.54) is 24.3 Å². The van der Waals surface area contributed by atoms with Crippen LogP contribution in [0.4, 0.5) is 24.5 Å². The summed E-state index contributed by atoms with van der Waals surface area (Å²) in [5, 5.41) is 16.7. The van der Waals surface area contributed by atoms with Crippen LogP contribution in [0.5, 0.6) is 0 Å². The molecule has 32 heavy (non-hydrogen) atoms. The molecular formula is C26H20F3N3. The summed E-state index contributed by atoms with van der Waals surface area (Å²) >= 11 is 0. The van der Waals surface area contributed by atoms with Crippen molar-refractivity contribution in [1.29, 1.82) is 5.26 Å². The fraction of sp³-hybridized carbons (Fsp3) is 0.192. The molecule has 0 N–H and O–H groups in total. The van der Waals surface area contributed by atoms with E-state index in [0.717, 1.165) is 25.3 Å². The summed E-state index contributed by atoms with van der Waals surface area (Å²) in [6.45, 7) is 2.08. The van der Waals surface area contributed by atoms with Gasteiger partial charge in [-0.1, -0.05) is 31.6 Å². The number of hydrogen-bond acceptors (Lipinski definition) is 3. The Morgan fingerprint density at radius 1 is 0.781 bits per heavy atom. The Morgan fingerprint density at radius 2 is 1.44 bits per heavy atom. The number of nitriles is 1. The maximum absolute atomic E-state index is 14.3. The first-order chi connectivity index (χ1) is 15.5. The highest BCUT2D eigenvalue weighted by molar-refractivity contribution is 5.49. The van der Waals surface area contributed by atoms with Gasteiger partial charge in [-0.2, -0.15) is 15.5 Å². The lowest BCUT2D eigenvalue weighted by atomic mass is 10.0. The quantitative estimate of drug-likeness (QED) is 0.226. The monoisotopic (exact) mass is 431 g/mol. The number of benzene rings is 3. The lowest BCUT2D eigenvalue weighted by Crippen LogP contribution is -1.95. The van der Waals surface area contributed by atoms with Gasteiger partial charge in [0.2, 0.25) is 0 Å². The number of aryl methyl sites for hydroxylation is 1.